The van der Waals surface area contributed by atoms with E-state index in [1.54, 1.807) is 0 Å². The Balaban J connectivity index is 2.52. The van der Waals surface area contributed by atoms with Gasteiger partial charge in [0.15, 0.2) is 0 Å². The fourth-order valence-electron chi connectivity index (χ4n) is 1.70. The molecule has 0 bridgehead atoms. The van der Waals surface area contributed by atoms with Crippen molar-refractivity contribution in [2.45, 2.75) is 25.1 Å². The van der Waals surface area contributed by atoms with Crippen LogP contribution >= 0.6 is 0 Å². The van der Waals surface area contributed by atoms with Gasteiger partial charge in [0, 0.05) is 0 Å². The molecule has 12 heavy (non-hydrogen) atoms. The van der Waals surface area contributed by atoms with E-state index in [1.165, 1.54) is 15.6 Å². The predicted molar refractivity (Wildman–Crippen MR) is 51.4 cm³/mol. The third-order valence-corrected chi connectivity index (χ3v) is 5.08. The molecule has 0 saturated carbocycles. The zero-order valence-electron chi connectivity index (χ0n) is 7.29. The number of benzene rings is 1. The van der Waals surface area contributed by atoms with Crippen molar-refractivity contribution >= 4 is 19.4 Å². The van der Waals surface area contributed by atoms with Crippen molar-refractivity contribution in [3.63, 3.8) is 0 Å². The minimum atomic E-state index is 0.427. The summed E-state index contributed by atoms with van der Waals surface area (Å²) in [4.78, 5) is 0.813. The van der Waals surface area contributed by atoms with Crippen molar-refractivity contribution in [2.24, 2.45) is 0 Å². The van der Waals surface area contributed by atoms with Gasteiger partial charge in [0.05, 0.1) is 0 Å². The van der Waals surface area contributed by atoms with E-state index >= 15 is 0 Å². The van der Waals surface area contributed by atoms with E-state index < -0.39 is 0 Å². The van der Waals surface area contributed by atoms with Gasteiger partial charge >= 0.3 is 78.6 Å². The van der Waals surface area contributed by atoms with Gasteiger partial charge in [0.2, 0.25) is 0 Å². The van der Waals surface area contributed by atoms with E-state index in [2.05, 4.69) is 13.8 Å². The fraction of sp³-hybridized carbons (Fsp3) is 0.400. The Morgan fingerprint density at radius 1 is 1.50 bits per heavy atom. The van der Waals surface area contributed by atoms with Crippen LogP contribution < -0.4 is 4.46 Å². The van der Waals surface area contributed by atoms with Crippen molar-refractivity contribution in [1.29, 1.82) is 0 Å². The summed E-state index contributed by atoms with van der Waals surface area (Å²) in [6, 6.07) is 3.80. The molecule has 1 N–H and O–H groups in total. The molecule has 1 heterocycles. The van der Waals surface area contributed by atoms with Gasteiger partial charge in [-0.05, 0) is 0 Å². The minimum absolute atomic E-state index is 0.427. The summed E-state index contributed by atoms with van der Waals surface area (Å²) in [5, 5.41) is 9.37. The molecule has 0 spiro atoms. The van der Waals surface area contributed by atoms with Crippen molar-refractivity contribution < 1.29 is 5.11 Å². The molecule has 0 saturated heterocycles. The van der Waals surface area contributed by atoms with Gasteiger partial charge < -0.3 is 0 Å². The SMILES string of the molecule is Cc1cc(O)cc2c1[Se]C(C)C2. The Bertz CT molecular complexity index is 320. The normalized spacial score (nSPS) is 21.0. The van der Waals surface area contributed by atoms with E-state index in [9.17, 15) is 5.11 Å². The van der Waals surface area contributed by atoms with Gasteiger partial charge in [0.1, 0.15) is 0 Å². The molecule has 0 aromatic heterocycles. The summed E-state index contributed by atoms with van der Waals surface area (Å²) in [6.45, 7) is 4.38. The van der Waals surface area contributed by atoms with Crippen LogP contribution in [-0.4, -0.2) is 20.1 Å². The van der Waals surface area contributed by atoms with Crippen molar-refractivity contribution in [3.8, 4) is 5.75 Å². The molecule has 1 aromatic carbocycles. The van der Waals surface area contributed by atoms with Gasteiger partial charge in [-0.1, -0.05) is 0 Å². The summed E-state index contributed by atoms with van der Waals surface area (Å²) in [6.07, 6.45) is 1.16. The summed E-state index contributed by atoms with van der Waals surface area (Å²) < 4.78 is 1.52. The molecular weight excluding hydrogens is 215 g/mol. The number of hydrogen-bond acceptors (Lipinski definition) is 1. The summed E-state index contributed by atoms with van der Waals surface area (Å²) in [7, 11) is 0. The Kier molecular flexibility index (Phi) is 1.90. The molecule has 0 fully saturated rings. The maximum absolute atomic E-state index is 9.37. The molecule has 1 aliphatic rings. The first-order chi connectivity index (χ1) is 5.66. The Hall–Kier alpha value is -0.461. The number of phenolic OH excluding ortho intramolecular Hbond substituents is 1. The van der Waals surface area contributed by atoms with Crippen LogP contribution in [0.3, 0.4) is 0 Å². The molecular formula is C10H12OSe. The second-order valence-corrected chi connectivity index (χ2v) is 6.42. The van der Waals surface area contributed by atoms with Crippen LogP contribution in [0.1, 0.15) is 18.1 Å². The zero-order valence-corrected chi connectivity index (χ0v) is 9.01. The van der Waals surface area contributed by atoms with Crippen LogP contribution in [0.15, 0.2) is 12.1 Å². The van der Waals surface area contributed by atoms with Crippen LogP contribution in [-0.2, 0) is 6.42 Å². The molecule has 0 amide bonds. The molecule has 1 unspecified atom stereocenters. The fourth-order valence-corrected chi connectivity index (χ4v) is 4.22. The van der Waals surface area contributed by atoms with Crippen LogP contribution in [0.2, 0.25) is 4.82 Å². The molecule has 0 aliphatic carbocycles. The predicted octanol–water partition coefficient (Wildman–Crippen LogP) is 1.39. The third kappa shape index (κ3) is 1.26. The average molecular weight is 227 g/mol. The van der Waals surface area contributed by atoms with E-state index in [0.717, 1.165) is 11.2 Å². The van der Waals surface area contributed by atoms with Gasteiger partial charge in [-0.3, -0.25) is 0 Å². The number of fused-ring (bicyclic) bond motifs is 1. The summed E-state index contributed by atoms with van der Waals surface area (Å²) >= 11 is 0.632. The molecule has 2 heteroatoms. The van der Waals surface area contributed by atoms with Gasteiger partial charge in [-0.15, -0.1) is 0 Å². The van der Waals surface area contributed by atoms with Crippen LogP contribution in [0.5, 0.6) is 5.75 Å². The molecule has 1 aliphatic heterocycles. The van der Waals surface area contributed by atoms with Gasteiger partial charge in [0.25, 0.3) is 0 Å². The summed E-state index contributed by atoms with van der Waals surface area (Å²) in [5.74, 6) is 0.427. The Morgan fingerprint density at radius 3 is 3.00 bits per heavy atom. The summed E-state index contributed by atoms with van der Waals surface area (Å²) in [5.41, 5.74) is 2.65. The molecule has 1 nitrogen and oxygen atoms in total. The molecule has 1 atom stereocenters. The first kappa shape index (κ1) is 8.15. The molecule has 2 rings (SSSR count). The van der Waals surface area contributed by atoms with E-state index in [0.29, 0.717) is 20.7 Å². The third-order valence-electron chi connectivity index (χ3n) is 2.16. The molecule has 1 aromatic rings. The van der Waals surface area contributed by atoms with Gasteiger partial charge in [-0.2, -0.15) is 0 Å². The second kappa shape index (κ2) is 2.79. The number of hydrogen-bond donors (Lipinski definition) is 1. The van der Waals surface area contributed by atoms with E-state index in [-0.39, 0.29) is 0 Å². The first-order valence-corrected chi connectivity index (χ1v) is 6.00. The van der Waals surface area contributed by atoms with Gasteiger partial charge in [-0.25, -0.2) is 0 Å². The van der Waals surface area contributed by atoms with Crippen LogP contribution in [0, 0.1) is 6.92 Å². The zero-order chi connectivity index (χ0) is 8.72. The average Bonchev–Trinajstić information content (AvgIpc) is 2.29. The van der Waals surface area contributed by atoms with Crippen LogP contribution in [0.4, 0.5) is 0 Å². The Labute approximate surface area is 79.0 Å². The number of aryl methyl sites for hydroxylation is 1. The second-order valence-electron chi connectivity index (χ2n) is 3.38. The number of rotatable bonds is 0. The molecule has 64 valence electrons. The van der Waals surface area contributed by atoms with Crippen molar-refractivity contribution in [2.75, 3.05) is 0 Å². The first-order valence-electron chi connectivity index (χ1n) is 4.16. The topological polar surface area (TPSA) is 20.2 Å². The number of aromatic hydroxyl groups is 1. The maximum atomic E-state index is 9.37. The van der Waals surface area contributed by atoms with E-state index in [1.807, 2.05) is 12.1 Å². The quantitative estimate of drug-likeness (QED) is 0.664. The van der Waals surface area contributed by atoms with E-state index in [4.69, 9.17) is 0 Å². The Morgan fingerprint density at radius 2 is 2.25 bits per heavy atom. The standard InChI is InChI=1S/C10H12OSe/c1-6-3-9(11)5-8-4-7(2)12-10(6)8/h3,5,7,11H,4H2,1-2H3. The van der Waals surface area contributed by atoms with Crippen LogP contribution in [0.25, 0.3) is 0 Å². The van der Waals surface area contributed by atoms with Crippen molar-refractivity contribution in [3.05, 3.63) is 23.3 Å². The molecule has 0 radical (unpaired) electrons. The monoisotopic (exact) mass is 228 g/mol. The number of phenols is 1. The van der Waals surface area contributed by atoms with Crippen molar-refractivity contribution in [1.82, 2.24) is 0 Å².